The van der Waals surface area contributed by atoms with Crippen molar-refractivity contribution in [1.82, 2.24) is 4.90 Å². The molecular formula is C16H30NOY-. The van der Waals surface area contributed by atoms with E-state index in [1.807, 2.05) is 6.29 Å². The first kappa shape index (κ1) is 19.7. The van der Waals surface area contributed by atoms with Gasteiger partial charge in [0.2, 0.25) is 0 Å². The summed E-state index contributed by atoms with van der Waals surface area (Å²) >= 11 is 0. The molecule has 0 unspecified atom stereocenters. The fourth-order valence-electron chi connectivity index (χ4n) is 2.78. The van der Waals surface area contributed by atoms with Gasteiger partial charge in [0, 0.05) is 32.7 Å². The van der Waals surface area contributed by atoms with E-state index in [0.717, 1.165) is 18.3 Å². The van der Waals surface area contributed by atoms with Crippen molar-refractivity contribution < 1.29 is 37.5 Å². The normalized spacial score (nSPS) is 17.4. The van der Waals surface area contributed by atoms with Gasteiger partial charge < -0.3 is 9.69 Å². The van der Waals surface area contributed by atoms with Crippen molar-refractivity contribution in [3.05, 3.63) is 0 Å². The molecule has 0 atom stereocenters. The molecule has 1 saturated heterocycles. The molecule has 3 heteroatoms. The van der Waals surface area contributed by atoms with E-state index in [1.165, 1.54) is 58.2 Å². The zero-order chi connectivity index (χ0) is 13.2. The molecule has 1 fully saturated rings. The van der Waals surface area contributed by atoms with E-state index in [9.17, 15) is 4.79 Å². The summed E-state index contributed by atoms with van der Waals surface area (Å²) in [6.07, 6.45) is 11.7. The number of unbranched alkanes of at least 4 members (excludes halogenated alkanes) is 3. The second-order valence-corrected chi connectivity index (χ2v) is 6.21. The number of rotatable bonds is 9. The van der Waals surface area contributed by atoms with Gasteiger partial charge in [0.25, 0.3) is 0 Å². The zero-order valence-electron chi connectivity index (χ0n) is 12.9. The quantitative estimate of drug-likeness (QED) is 0.470. The summed E-state index contributed by atoms with van der Waals surface area (Å²) in [7, 11) is 0. The molecule has 1 aliphatic heterocycles. The van der Waals surface area contributed by atoms with Crippen LogP contribution in [0, 0.1) is 11.8 Å². The van der Waals surface area contributed by atoms with Crippen LogP contribution in [-0.2, 0) is 37.5 Å². The minimum atomic E-state index is 0. The molecule has 109 valence electrons. The van der Waals surface area contributed by atoms with Crippen LogP contribution in [0.4, 0.5) is 0 Å². The number of nitrogens with zero attached hydrogens (tertiary/aromatic N) is 1. The minimum absolute atomic E-state index is 0. The molecule has 0 aromatic rings. The van der Waals surface area contributed by atoms with Gasteiger partial charge in [0.1, 0.15) is 0 Å². The minimum Gasteiger partial charge on any atom is -0.542 e. The summed E-state index contributed by atoms with van der Waals surface area (Å²) in [4.78, 5) is 12.7. The van der Waals surface area contributed by atoms with Crippen LogP contribution in [0.25, 0.3) is 0 Å². The van der Waals surface area contributed by atoms with Crippen LogP contribution in [0.3, 0.4) is 0 Å². The van der Waals surface area contributed by atoms with Crippen LogP contribution in [0.15, 0.2) is 0 Å². The van der Waals surface area contributed by atoms with Crippen LogP contribution < -0.4 is 0 Å². The average molecular weight is 341 g/mol. The van der Waals surface area contributed by atoms with E-state index in [2.05, 4.69) is 18.7 Å². The summed E-state index contributed by atoms with van der Waals surface area (Å²) in [6, 6.07) is 0. The van der Waals surface area contributed by atoms with Crippen LogP contribution in [0.2, 0.25) is 0 Å². The van der Waals surface area contributed by atoms with Crippen LogP contribution in [0.1, 0.15) is 65.2 Å². The average Bonchev–Trinajstić information content (AvgIpc) is 2.37. The predicted octanol–water partition coefficient (Wildman–Crippen LogP) is 3.80. The number of hydrogen-bond acceptors (Lipinski definition) is 2. The molecule has 1 radical (unpaired) electrons. The van der Waals surface area contributed by atoms with Crippen molar-refractivity contribution in [2.24, 2.45) is 11.8 Å². The molecule has 0 aliphatic carbocycles. The van der Waals surface area contributed by atoms with E-state index in [0.29, 0.717) is 6.42 Å². The summed E-state index contributed by atoms with van der Waals surface area (Å²) in [5.74, 6) is 1.84. The molecule has 0 saturated carbocycles. The van der Waals surface area contributed by atoms with Crippen molar-refractivity contribution in [3.63, 3.8) is 0 Å². The Morgan fingerprint density at radius 2 is 1.84 bits per heavy atom. The van der Waals surface area contributed by atoms with Crippen molar-refractivity contribution in [2.45, 2.75) is 65.2 Å². The van der Waals surface area contributed by atoms with E-state index in [-0.39, 0.29) is 32.7 Å². The van der Waals surface area contributed by atoms with E-state index in [4.69, 9.17) is 0 Å². The van der Waals surface area contributed by atoms with Crippen molar-refractivity contribution in [3.8, 4) is 0 Å². The summed E-state index contributed by atoms with van der Waals surface area (Å²) in [5, 5.41) is 0. The van der Waals surface area contributed by atoms with E-state index < -0.39 is 0 Å². The number of likely N-dealkylation sites (tertiary alicyclic amines) is 1. The Bertz CT molecular complexity index is 213. The third-order valence-electron chi connectivity index (χ3n) is 4.11. The van der Waals surface area contributed by atoms with Crippen LogP contribution in [-0.4, -0.2) is 30.8 Å². The molecule has 1 rings (SSSR count). The second-order valence-electron chi connectivity index (χ2n) is 6.21. The Hall–Kier alpha value is 0.734. The molecule has 1 heterocycles. The molecule has 0 amide bonds. The van der Waals surface area contributed by atoms with Crippen LogP contribution >= 0.6 is 0 Å². The predicted molar refractivity (Wildman–Crippen MR) is 77.4 cm³/mol. The Kier molecular flexibility index (Phi) is 13.0. The molecule has 0 aromatic heterocycles. The molecule has 2 nitrogen and oxygen atoms in total. The first-order valence-corrected chi connectivity index (χ1v) is 7.79. The molecule has 0 aromatic carbocycles. The SMILES string of the molecule is CC(C)CCC1CCN(CCCCC[C-]=O)CC1.[Y]. The maximum atomic E-state index is 10.1. The second kappa shape index (κ2) is 12.5. The fourth-order valence-corrected chi connectivity index (χ4v) is 2.78. The maximum Gasteiger partial charge on any atom is 0 e. The Morgan fingerprint density at radius 1 is 1.16 bits per heavy atom. The molecular weight excluding hydrogens is 311 g/mol. The van der Waals surface area contributed by atoms with Gasteiger partial charge in [-0.05, 0) is 50.7 Å². The van der Waals surface area contributed by atoms with Gasteiger partial charge in [-0.1, -0.05) is 39.5 Å². The van der Waals surface area contributed by atoms with Gasteiger partial charge in [-0.3, -0.25) is 6.29 Å². The number of hydrogen-bond donors (Lipinski definition) is 0. The van der Waals surface area contributed by atoms with Crippen LogP contribution in [0.5, 0.6) is 0 Å². The smallest absolute Gasteiger partial charge is 0 e. The van der Waals surface area contributed by atoms with Crippen molar-refractivity contribution in [1.29, 1.82) is 0 Å². The Morgan fingerprint density at radius 3 is 2.42 bits per heavy atom. The monoisotopic (exact) mass is 341 g/mol. The zero-order valence-corrected chi connectivity index (χ0v) is 15.7. The van der Waals surface area contributed by atoms with Gasteiger partial charge in [-0.15, -0.1) is 0 Å². The Balaban J connectivity index is 0.00000324. The first-order chi connectivity index (χ1) is 8.72. The van der Waals surface area contributed by atoms with Gasteiger partial charge >= 0.3 is 0 Å². The number of piperidine rings is 1. The van der Waals surface area contributed by atoms with Crippen molar-refractivity contribution in [2.75, 3.05) is 19.6 Å². The van der Waals surface area contributed by atoms with Gasteiger partial charge in [-0.2, -0.15) is 6.42 Å². The largest absolute Gasteiger partial charge is 0.542 e. The topological polar surface area (TPSA) is 20.3 Å². The summed E-state index contributed by atoms with van der Waals surface area (Å²) < 4.78 is 0. The van der Waals surface area contributed by atoms with Gasteiger partial charge in [0.15, 0.2) is 0 Å². The standard InChI is InChI=1S/C16H30NO.Y/c1-15(2)7-8-16-9-12-17(13-10-16)11-5-3-4-6-14-18;/h15-16H,3-13H2,1-2H3;/q-1;. The van der Waals surface area contributed by atoms with E-state index >= 15 is 0 Å². The Labute approximate surface area is 145 Å². The fraction of sp³-hybridized carbons (Fsp3) is 0.938. The molecule has 19 heavy (non-hydrogen) atoms. The van der Waals surface area contributed by atoms with Crippen molar-refractivity contribution >= 4 is 6.29 Å². The third-order valence-corrected chi connectivity index (χ3v) is 4.11. The molecule has 0 N–H and O–H groups in total. The van der Waals surface area contributed by atoms with Gasteiger partial charge in [0.05, 0.1) is 0 Å². The molecule has 0 bridgehead atoms. The van der Waals surface area contributed by atoms with Gasteiger partial charge in [-0.25, -0.2) is 0 Å². The first-order valence-electron chi connectivity index (χ1n) is 7.79. The van der Waals surface area contributed by atoms with E-state index in [1.54, 1.807) is 0 Å². The third kappa shape index (κ3) is 10.2. The maximum absolute atomic E-state index is 10.1. The summed E-state index contributed by atoms with van der Waals surface area (Å²) in [6.45, 7) is 8.47. The summed E-state index contributed by atoms with van der Waals surface area (Å²) in [5.41, 5.74) is 0. The molecule has 1 aliphatic rings. The molecule has 0 spiro atoms. The number of carbonyl (C=O) groups excluding carboxylic acids is 1.